The third-order valence-corrected chi connectivity index (χ3v) is 5.32. The van der Waals surface area contributed by atoms with Gasteiger partial charge in [0, 0.05) is 32.7 Å². The smallest absolute Gasteiger partial charge is 0.243 e. The molecule has 1 amide bonds. The Bertz CT molecular complexity index is 627. The van der Waals surface area contributed by atoms with Crippen molar-refractivity contribution in [3.05, 3.63) is 35.9 Å². The summed E-state index contributed by atoms with van der Waals surface area (Å²) in [6.07, 6.45) is 4.80. The fourth-order valence-corrected chi connectivity index (χ4v) is 3.34. The van der Waals surface area contributed by atoms with Gasteiger partial charge in [0.25, 0.3) is 0 Å². The molecule has 2 rings (SSSR count). The number of carbonyl (C=O) groups excluding carboxylic acids is 1. The van der Waals surface area contributed by atoms with Crippen LogP contribution in [0.5, 0.6) is 0 Å². The summed E-state index contributed by atoms with van der Waals surface area (Å²) in [5.41, 5.74) is 1.33. The zero-order chi connectivity index (χ0) is 20.4. The normalized spacial score (nSPS) is 15.4. The van der Waals surface area contributed by atoms with E-state index in [-0.39, 0.29) is 42.0 Å². The summed E-state index contributed by atoms with van der Waals surface area (Å²) >= 11 is 0. The van der Waals surface area contributed by atoms with Crippen LogP contribution in [0.2, 0.25) is 0 Å². The Morgan fingerprint density at radius 2 is 1.76 bits per heavy atom. The number of guanidine groups is 1. The first kappa shape index (κ1) is 25.7. The molecule has 0 bridgehead atoms. The highest BCUT2D eigenvalue weighted by Crippen LogP contribution is 2.19. The molecule has 0 aliphatic carbocycles. The van der Waals surface area contributed by atoms with Crippen LogP contribution in [0.3, 0.4) is 0 Å². The van der Waals surface area contributed by atoms with Crippen LogP contribution in [-0.4, -0.2) is 74.0 Å². The number of nitrogens with one attached hydrogen (secondary N) is 2. The molecule has 164 valence electrons. The van der Waals surface area contributed by atoms with E-state index in [1.807, 2.05) is 6.07 Å². The van der Waals surface area contributed by atoms with E-state index in [1.165, 1.54) is 24.8 Å². The Morgan fingerprint density at radius 3 is 2.38 bits per heavy atom. The van der Waals surface area contributed by atoms with Crippen LogP contribution in [0.4, 0.5) is 0 Å². The average molecular weight is 515 g/mol. The van der Waals surface area contributed by atoms with Crippen LogP contribution in [-0.2, 0) is 11.2 Å². The molecule has 1 aromatic carbocycles. The predicted octanol–water partition coefficient (Wildman–Crippen LogP) is 2.74. The van der Waals surface area contributed by atoms with Crippen molar-refractivity contribution in [2.75, 3.05) is 46.8 Å². The summed E-state index contributed by atoms with van der Waals surface area (Å²) in [6, 6.07) is 10.4. The SMILES string of the molecule is CN(C)C(=O)CN=C(NCCc1ccccc1)NCC(C)(C)N1CCCCC1.I. The number of aliphatic imine (C=N–C) groups is 1. The molecule has 1 aliphatic heterocycles. The van der Waals surface area contributed by atoms with E-state index in [0.717, 1.165) is 32.6 Å². The van der Waals surface area contributed by atoms with Crippen LogP contribution in [0.1, 0.15) is 38.7 Å². The van der Waals surface area contributed by atoms with Crippen molar-refractivity contribution >= 4 is 35.8 Å². The Morgan fingerprint density at radius 1 is 1.10 bits per heavy atom. The van der Waals surface area contributed by atoms with Crippen LogP contribution < -0.4 is 10.6 Å². The number of rotatable bonds is 8. The van der Waals surface area contributed by atoms with E-state index in [1.54, 1.807) is 19.0 Å². The maximum absolute atomic E-state index is 11.9. The number of likely N-dealkylation sites (tertiary alicyclic amines) is 1. The summed E-state index contributed by atoms with van der Waals surface area (Å²) < 4.78 is 0. The summed E-state index contributed by atoms with van der Waals surface area (Å²) in [5, 5.41) is 6.85. The fourth-order valence-electron chi connectivity index (χ4n) is 3.34. The number of likely N-dealkylation sites (N-methyl/N-ethyl adjacent to an activating group) is 1. The van der Waals surface area contributed by atoms with Gasteiger partial charge in [-0.25, -0.2) is 4.99 Å². The molecule has 6 nitrogen and oxygen atoms in total. The number of piperidine rings is 1. The van der Waals surface area contributed by atoms with Crippen molar-refractivity contribution < 1.29 is 4.79 Å². The molecule has 0 unspecified atom stereocenters. The zero-order valence-corrected chi connectivity index (χ0v) is 20.7. The highest BCUT2D eigenvalue weighted by molar-refractivity contribution is 14.0. The number of hydrogen-bond acceptors (Lipinski definition) is 3. The molecule has 7 heteroatoms. The van der Waals surface area contributed by atoms with Gasteiger partial charge >= 0.3 is 0 Å². The minimum atomic E-state index is -0.000509. The van der Waals surface area contributed by atoms with Gasteiger partial charge in [-0.1, -0.05) is 36.8 Å². The molecule has 1 fully saturated rings. The Balaban J connectivity index is 0.00000420. The Labute approximate surface area is 193 Å². The summed E-state index contributed by atoms with van der Waals surface area (Å²) in [4.78, 5) is 20.6. The first-order valence-corrected chi connectivity index (χ1v) is 10.4. The van der Waals surface area contributed by atoms with Gasteiger partial charge in [-0.2, -0.15) is 0 Å². The number of amides is 1. The highest BCUT2D eigenvalue weighted by atomic mass is 127. The number of benzene rings is 1. The molecule has 1 aliphatic rings. The average Bonchev–Trinajstić information content (AvgIpc) is 2.70. The molecular formula is C22H38IN5O. The minimum Gasteiger partial charge on any atom is -0.356 e. The molecule has 0 spiro atoms. The van der Waals surface area contributed by atoms with Gasteiger partial charge in [-0.05, 0) is 51.8 Å². The maximum atomic E-state index is 11.9. The molecule has 1 saturated heterocycles. The second kappa shape index (κ2) is 13.1. The quantitative estimate of drug-likeness (QED) is 0.318. The number of carbonyl (C=O) groups is 1. The molecule has 2 N–H and O–H groups in total. The van der Waals surface area contributed by atoms with Crippen molar-refractivity contribution in [2.24, 2.45) is 4.99 Å². The van der Waals surface area contributed by atoms with Gasteiger partial charge in [0.2, 0.25) is 5.91 Å². The molecule has 0 aromatic heterocycles. The molecule has 1 heterocycles. The molecular weight excluding hydrogens is 477 g/mol. The summed E-state index contributed by atoms with van der Waals surface area (Å²) in [6.45, 7) is 8.58. The lowest BCUT2D eigenvalue weighted by atomic mass is 9.98. The first-order chi connectivity index (χ1) is 13.4. The van der Waals surface area contributed by atoms with Crippen LogP contribution in [0, 0.1) is 0 Å². The van der Waals surface area contributed by atoms with Crippen LogP contribution in [0.15, 0.2) is 35.3 Å². The lowest BCUT2D eigenvalue weighted by Gasteiger charge is -2.41. The van der Waals surface area contributed by atoms with E-state index < -0.39 is 0 Å². The standard InChI is InChI=1S/C22H37N5O.HI/c1-22(2,27-15-9-6-10-16-27)18-25-21(24-17-20(28)26(3)4)23-14-13-19-11-7-5-8-12-19;/h5,7-8,11-12H,6,9-10,13-18H2,1-4H3,(H2,23,24,25);1H. The largest absolute Gasteiger partial charge is 0.356 e. The first-order valence-electron chi connectivity index (χ1n) is 10.4. The predicted molar refractivity (Wildman–Crippen MR) is 132 cm³/mol. The van der Waals surface area contributed by atoms with E-state index in [2.05, 4.69) is 58.6 Å². The molecule has 0 radical (unpaired) electrons. The van der Waals surface area contributed by atoms with Gasteiger partial charge in [0.1, 0.15) is 6.54 Å². The van der Waals surface area contributed by atoms with Gasteiger partial charge in [0.05, 0.1) is 0 Å². The number of halogens is 1. The van der Waals surface area contributed by atoms with Gasteiger partial charge in [-0.15, -0.1) is 24.0 Å². The van der Waals surface area contributed by atoms with Gasteiger partial charge < -0.3 is 15.5 Å². The van der Waals surface area contributed by atoms with Crippen molar-refractivity contribution in [1.29, 1.82) is 0 Å². The van der Waals surface area contributed by atoms with Crippen molar-refractivity contribution in [2.45, 2.75) is 45.1 Å². The second-order valence-electron chi connectivity index (χ2n) is 8.33. The fraction of sp³-hybridized carbons (Fsp3) is 0.636. The van der Waals surface area contributed by atoms with Gasteiger partial charge in [-0.3, -0.25) is 9.69 Å². The maximum Gasteiger partial charge on any atom is 0.243 e. The number of nitrogens with zero attached hydrogens (tertiary/aromatic N) is 3. The van der Waals surface area contributed by atoms with E-state index in [0.29, 0.717) is 5.96 Å². The summed E-state index contributed by atoms with van der Waals surface area (Å²) in [7, 11) is 3.51. The molecule has 0 saturated carbocycles. The van der Waals surface area contributed by atoms with Crippen LogP contribution in [0.25, 0.3) is 0 Å². The van der Waals surface area contributed by atoms with Gasteiger partial charge in [0.15, 0.2) is 5.96 Å². The third-order valence-electron chi connectivity index (χ3n) is 5.32. The Kier molecular flexibility index (Phi) is 11.6. The summed E-state index contributed by atoms with van der Waals surface area (Å²) in [5.74, 6) is 0.704. The highest BCUT2D eigenvalue weighted by Gasteiger charge is 2.27. The van der Waals surface area contributed by atoms with Crippen molar-refractivity contribution in [3.63, 3.8) is 0 Å². The third kappa shape index (κ3) is 9.33. The monoisotopic (exact) mass is 515 g/mol. The van der Waals surface area contributed by atoms with E-state index >= 15 is 0 Å². The van der Waals surface area contributed by atoms with E-state index in [4.69, 9.17) is 0 Å². The molecule has 29 heavy (non-hydrogen) atoms. The minimum absolute atomic E-state index is 0. The van der Waals surface area contributed by atoms with Crippen molar-refractivity contribution in [1.82, 2.24) is 20.4 Å². The second-order valence-corrected chi connectivity index (χ2v) is 8.33. The lowest BCUT2D eigenvalue weighted by molar-refractivity contribution is -0.127. The number of hydrogen-bond donors (Lipinski definition) is 2. The zero-order valence-electron chi connectivity index (χ0n) is 18.4. The van der Waals surface area contributed by atoms with E-state index in [9.17, 15) is 4.79 Å². The topological polar surface area (TPSA) is 60.0 Å². The molecule has 1 aromatic rings. The van der Waals surface area contributed by atoms with Crippen molar-refractivity contribution in [3.8, 4) is 0 Å². The Hall–Kier alpha value is -1.35. The van der Waals surface area contributed by atoms with Crippen LogP contribution >= 0.6 is 24.0 Å². The lowest BCUT2D eigenvalue weighted by Crippen LogP contribution is -2.55. The molecule has 0 atom stereocenters.